The zero-order chi connectivity index (χ0) is 23.8. The van der Waals surface area contributed by atoms with Gasteiger partial charge in [-0.1, -0.05) is 57.3 Å². The van der Waals surface area contributed by atoms with Gasteiger partial charge in [0.25, 0.3) is 0 Å². The summed E-state index contributed by atoms with van der Waals surface area (Å²) in [5.41, 5.74) is 0.145. The lowest BCUT2D eigenvalue weighted by Gasteiger charge is -2.26. The third kappa shape index (κ3) is 5.23. The molecule has 4 aliphatic rings. The minimum Gasteiger partial charge on any atom is -0.434 e. The number of allylic oxidation sites excluding steroid dienone is 3. The summed E-state index contributed by atoms with van der Waals surface area (Å²) in [6.07, 6.45) is 9.07. The van der Waals surface area contributed by atoms with Crippen molar-refractivity contribution in [2.24, 2.45) is 5.92 Å². The van der Waals surface area contributed by atoms with E-state index in [1.165, 1.54) is 38.7 Å². The number of carbonyl (C=O) groups is 3. The van der Waals surface area contributed by atoms with Crippen LogP contribution in [0.5, 0.6) is 0 Å². The summed E-state index contributed by atoms with van der Waals surface area (Å²) in [4.78, 5) is 36.4. The second kappa shape index (κ2) is 9.68. The minimum absolute atomic E-state index is 0.0551. The highest BCUT2D eigenvalue weighted by atomic mass is 16.8. The highest BCUT2D eigenvalue weighted by molar-refractivity contribution is 5.95. The van der Waals surface area contributed by atoms with Gasteiger partial charge in [-0.3, -0.25) is 14.4 Å². The summed E-state index contributed by atoms with van der Waals surface area (Å²) in [6, 6.07) is -0.560. The van der Waals surface area contributed by atoms with Crippen molar-refractivity contribution in [1.29, 1.82) is 0 Å². The number of unbranched alkanes of at least 4 members (excludes halogenated alkanes) is 3. The molecule has 0 aromatic heterocycles. The summed E-state index contributed by atoms with van der Waals surface area (Å²) in [5, 5.41) is 2.90. The molecule has 0 aromatic rings. The van der Waals surface area contributed by atoms with Crippen LogP contribution in [0.3, 0.4) is 0 Å². The van der Waals surface area contributed by atoms with E-state index in [0.717, 1.165) is 12.0 Å². The van der Waals surface area contributed by atoms with Crippen LogP contribution in [0.1, 0.15) is 66.2 Å². The molecule has 8 nitrogen and oxygen atoms in total. The van der Waals surface area contributed by atoms with E-state index in [4.69, 9.17) is 18.9 Å². The van der Waals surface area contributed by atoms with Crippen LogP contribution in [0.4, 0.5) is 0 Å². The molecule has 3 saturated heterocycles. The Bertz CT molecular complexity index is 830. The van der Waals surface area contributed by atoms with Crippen molar-refractivity contribution in [3.63, 3.8) is 0 Å². The summed E-state index contributed by atoms with van der Waals surface area (Å²) < 4.78 is 22.6. The molecule has 33 heavy (non-hydrogen) atoms. The highest BCUT2D eigenvalue weighted by Gasteiger charge is 2.79. The Labute approximate surface area is 195 Å². The van der Waals surface area contributed by atoms with Crippen molar-refractivity contribution >= 4 is 17.7 Å². The number of Topliss-reactive ketones (excluding diaryl/α,β-unsaturated/α-hetero) is 1. The molecular weight excluding hydrogens is 426 g/mol. The molecule has 0 radical (unpaired) electrons. The van der Waals surface area contributed by atoms with Crippen molar-refractivity contribution in [1.82, 2.24) is 5.32 Å². The van der Waals surface area contributed by atoms with E-state index in [-0.39, 0.29) is 11.7 Å². The molecule has 1 aliphatic carbocycles. The lowest BCUT2D eigenvalue weighted by molar-refractivity contribution is -0.195. The monoisotopic (exact) mass is 461 g/mol. The van der Waals surface area contributed by atoms with Crippen molar-refractivity contribution < 1.29 is 33.3 Å². The highest BCUT2D eigenvalue weighted by Crippen LogP contribution is 2.57. The number of ether oxygens (including phenoxy) is 4. The van der Waals surface area contributed by atoms with Crippen molar-refractivity contribution in [2.75, 3.05) is 0 Å². The van der Waals surface area contributed by atoms with Crippen LogP contribution in [0.15, 0.2) is 23.8 Å². The summed E-state index contributed by atoms with van der Waals surface area (Å²) in [6.45, 7) is 7.67. The average molecular weight is 462 g/mol. The number of rotatable bonds is 10. The summed E-state index contributed by atoms with van der Waals surface area (Å²) in [5.74, 6) is -0.403. The number of epoxide rings is 2. The van der Waals surface area contributed by atoms with Crippen LogP contribution >= 0.6 is 0 Å². The normalized spacial score (nSPS) is 37.6. The topological polar surface area (TPSA) is 107 Å². The molecule has 1 amide bonds. The molecule has 3 heterocycles. The van der Waals surface area contributed by atoms with Gasteiger partial charge in [0.05, 0.1) is 6.04 Å². The van der Waals surface area contributed by atoms with Gasteiger partial charge < -0.3 is 24.3 Å². The van der Waals surface area contributed by atoms with Crippen LogP contribution in [-0.4, -0.2) is 60.0 Å². The molecule has 4 fully saturated rings. The van der Waals surface area contributed by atoms with Crippen LogP contribution in [0.2, 0.25) is 0 Å². The van der Waals surface area contributed by atoms with E-state index in [1.807, 2.05) is 6.92 Å². The number of carbonyl (C=O) groups excluding carboxylic acids is 3. The SMILES string of the molecule is CCCCCCC(C)/C=C(C)/C=C/C(=O)NC1CC2(OC1OC(C)=O)C1OC1C(=O)C1OC12. The Morgan fingerprint density at radius 1 is 1.15 bits per heavy atom. The first-order valence-electron chi connectivity index (χ1n) is 12.1. The molecule has 182 valence electrons. The Kier molecular flexibility index (Phi) is 7.07. The first-order valence-corrected chi connectivity index (χ1v) is 12.1. The maximum absolute atomic E-state index is 12.6. The second-order valence-corrected chi connectivity index (χ2v) is 9.80. The molecule has 1 saturated carbocycles. The number of ketones is 1. The maximum atomic E-state index is 12.6. The van der Waals surface area contributed by atoms with E-state index in [2.05, 4.69) is 25.2 Å². The molecule has 1 spiro atoms. The van der Waals surface area contributed by atoms with Crippen molar-refractivity contribution in [3.05, 3.63) is 23.8 Å². The second-order valence-electron chi connectivity index (χ2n) is 9.80. The number of hydrogen-bond acceptors (Lipinski definition) is 7. The minimum atomic E-state index is -0.956. The van der Waals surface area contributed by atoms with E-state index in [9.17, 15) is 14.4 Å². The van der Waals surface area contributed by atoms with Gasteiger partial charge in [0.1, 0.15) is 30.0 Å². The van der Waals surface area contributed by atoms with Crippen molar-refractivity contribution in [2.45, 2.75) is 109 Å². The van der Waals surface area contributed by atoms with Crippen LogP contribution in [-0.2, 0) is 33.3 Å². The Balaban J connectivity index is 1.34. The predicted molar refractivity (Wildman–Crippen MR) is 119 cm³/mol. The van der Waals surface area contributed by atoms with Crippen LogP contribution in [0, 0.1) is 5.92 Å². The van der Waals surface area contributed by atoms with E-state index in [1.54, 1.807) is 6.08 Å². The number of hydrogen-bond donors (Lipinski definition) is 1. The maximum Gasteiger partial charge on any atom is 0.305 e. The first kappa shape index (κ1) is 24.1. The van der Waals surface area contributed by atoms with Crippen molar-refractivity contribution in [3.8, 4) is 0 Å². The van der Waals surface area contributed by atoms with Gasteiger partial charge in [-0.15, -0.1) is 0 Å². The molecular formula is C25H35NO7. The quantitative estimate of drug-likeness (QED) is 0.175. The smallest absolute Gasteiger partial charge is 0.305 e. The summed E-state index contributed by atoms with van der Waals surface area (Å²) >= 11 is 0. The van der Waals surface area contributed by atoms with Gasteiger partial charge in [0.15, 0.2) is 5.78 Å². The third-order valence-corrected chi connectivity index (χ3v) is 6.88. The third-order valence-electron chi connectivity index (χ3n) is 6.88. The fraction of sp³-hybridized carbons (Fsp3) is 0.720. The van der Waals surface area contributed by atoms with Gasteiger partial charge in [-0.2, -0.15) is 0 Å². The molecule has 7 atom stereocenters. The standard InChI is InChI=1S/C25H35NO7/c1-5-6-7-8-9-14(2)12-15(3)10-11-18(28)26-17-13-25(33-24(17)30-16(4)27)22-20(31-22)19(29)21-23(25)32-21/h10-12,14,17,20-24H,5-9,13H2,1-4H3,(H,26,28)/b11-10+,15-12+. The lowest BCUT2D eigenvalue weighted by atomic mass is 9.81. The lowest BCUT2D eigenvalue weighted by Crippen LogP contribution is -2.49. The number of amides is 1. The van der Waals surface area contributed by atoms with Gasteiger partial charge in [-0.05, 0) is 19.3 Å². The number of esters is 1. The molecule has 0 aromatic carbocycles. The van der Waals surface area contributed by atoms with E-state index in [0.29, 0.717) is 12.3 Å². The van der Waals surface area contributed by atoms with Gasteiger partial charge in [-0.25, -0.2) is 0 Å². The summed E-state index contributed by atoms with van der Waals surface area (Å²) in [7, 11) is 0. The first-order chi connectivity index (χ1) is 15.7. The average Bonchev–Trinajstić information content (AvgIpc) is 3.66. The predicted octanol–water partition coefficient (Wildman–Crippen LogP) is 2.75. The van der Waals surface area contributed by atoms with Crippen LogP contribution in [0.25, 0.3) is 0 Å². The largest absolute Gasteiger partial charge is 0.434 e. The molecule has 0 bridgehead atoms. The zero-order valence-electron chi connectivity index (χ0n) is 19.9. The fourth-order valence-corrected chi connectivity index (χ4v) is 5.18. The van der Waals surface area contributed by atoms with E-state index < -0.39 is 48.3 Å². The van der Waals surface area contributed by atoms with Crippen LogP contribution < -0.4 is 5.32 Å². The Morgan fingerprint density at radius 2 is 1.85 bits per heavy atom. The zero-order valence-corrected chi connectivity index (χ0v) is 19.9. The number of nitrogens with one attached hydrogen (secondary N) is 1. The van der Waals surface area contributed by atoms with Gasteiger partial charge in [0.2, 0.25) is 12.2 Å². The molecule has 3 aliphatic heterocycles. The van der Waals surface area contributed by atoms with Gasteiger partial charge >= 0.3 is 5.97 Å². The van der Waals surface area contributed by atoms with Gasteiger partial charge in [0, 0.05) is 19.4 Å². The molecule has 4 rings (SSSR count). The van der Waals surface area contributed by atoms with E-state index >= 15 is 0 Å². The number of fused-ring (bicyclic) bond motifs is 4. The molecule has 7 unspecified atom stereocenters. The Morgan fingerprint density at radius 3 is 2.48 bits per heavy atom. The Hall–Kier alpha value is -2.03. The molecule has 1 N–H and O–H groups in total. The fourth-order valence-electron chi connectivity index (χ4n) is 5.18. The molecule has 8 heteroatoms.